The van der Waals surface area contributed by atoms with E-state index in [1.165, 1.54) is 12.1 Å². The van der Waals surface area contributed by atoms with Crippen LogP contribution < -0.4 is 5.73 Å². The summed E-state index contributed by atoms with van der Waals surface area (Å²) < 4.78 is 1.89. The second-order valence-electron chi connectivity index (χ2n) is 7.78. The Morgan fingerprint density at radius 2 is 2.07 bits per heavy atom. The van der Waals surface area contributed by atoms with Crippen molar-refractivity contribution in [2.45, 2.75) is 38.5 Å². The quantitative estimate of drug-likeness (QED) is 0.900. The van der Waals surface area contributed by atoms with E-state index in [2.05, 4.69) is 5.10 Å². The standard InChI is InChI=1S/C21H26N4O2/c1-24-18-8-3-2-7-17(18)19(23-24)21(27)25-10-9-15(13-25)11-14-5-4-6-16(12-14)20(22)26/h4-6,12,15H,2-3,7-11,13H2,1H3,(H2,22,26)/t15-/m0/s1. The molecule has 6 heteroatoms. The molecule has 0 saturated carbocycles. The predicted octanol–water partition coefficient (Wildman–Crippen LogP) is 2.10. The molecule has 0 bridgehead atoms. The van der Waals surface area contributed by atoms with Crippen LogP contribution in [0.4, 0.5) is 0 Å². The molecule has 2 amide bonds. The number of aromatic nitrogens is 2. The van der Waals surface area contributed by atoms with Gasteiger partial charge >= 0.3 is 0 Å². The molecule has 142 valence electrons. The highest BCUT2D eigenvalue weighted by Crippen LogP contribution is 2.27. The molecular weight excluding hydrogens is 340 g/mol. The lowest BCUT2D eigenvalue weighted by molar-refractivity contribution is 0.0779. The van der Waals surface area contributed by atoms with E-state index in [-0.39, 0.29) is 5.91 Å². The van der Waals surface area contributed by atoms with Gasteiger partial charge in [0.1, 0.15) is 0 Å². The average Bonchev–Trinajstić information content (AvgIpc) is 3.27. The van der Waals surface area contributed by atoms with Crippen molar-refractivity contribution in [3.63, 3.8) is 0 Å². The summed E-state index contributed by atoms with van der Waals surface area (Å²) in [7, 11) is 1.94. The molecule has 1 aromatic heterocycles. The number of rotatable bonds is 4. The van der Waals surface area contributed by atoms with Gasteiger partial charge in [0.15, 0.2) is 5.69 Å². The lowest BCUT2D eigenvalue weighted by Crippen LogP contribution is -2.30. The van der Waals surface area contributed by atoms with Gasteiger partial charge in [-0.05, 0) is 62.1 Å². The Balaban J connectivity index is 1.45. The van der Waals surface area contributed by atoms with Gasteiger partial charge in [0.05, 0.1) is 0 Å². The van der Waals surface area contributed by atoms with Gasteiger partial charge in [-0.25, -0.2) is 0 Å². The van der Waals surface area contributed by atoms with E-state index in [1.807, 2.05) is 34.8 Å². The van der Waals surface area contributed by atoms with E-state index in [1.54, 1.807) is 6.07 Å². The number of nitrogens with two attached hydrogens (primary N) is 1. The van der Waals surface area contributed by atoms with Gasteiger partial charge in [0, 0.05) is 37.0 Å². The van der Waals surface area contributed by atoms with Gasteiger partial charge in [0.25, 0.3) is 5.91 Å². The summed E-state index contributed by atoms with van der Waals surface area (Å²) in [6.07, 6.45) is 6.12. The second-order valence-corrected chi connectivity index (χ2v) is 7.78. The molecule has 2 N–H and O–H groups in total. The molecule has 1 fully saturated rings. The molecule has 6 nitrogen and oxygen atoms in total. The van der Waals surface area contributed by atoms with Crippen molar-refractivity contribution in [2.75, 3.05) is 13.1 Å². The Kier molecular flexibility index (Phi) is 4.72. The van der Waals surface area contributed by atoms with Crippen LogP contribution >= 0.6 is 0 Å². The van der Waals surface area contributed by atoms with E-state index in [0.717, 1.165) is 56.3 Å². The first-order valence-electron chi connectivity index (χ1n) is 9.75. The van der Waals surface area contributed by atoms with Gasteiger partial charge in [-0.2, -0.15) is 5.10 Å². The summed E-state index contributed by atoms with van der Waals surface area (Å²) in [5.41, 5.74) is 10.1. The molecule has 2 aliphatic rings. The van der Waals surface area contributed by atoms with E-state index in [0.29, 0.717) is 17.2 Å². The molecular formula is C21H26N4O2. The molecule has 0 spiro atoms. The highest BCUT2D eigenvalue weighted by molar-refractivity contribution is 5.94. The topological polar surface area (TPSA) is 81.2 Å². The van der Waals surface area contributed by atoms with Crippen molar-refractivity contribution >= 4 is 11.8 Å². The van der Waals surface area contributed by atoms with Gasteiger partial charge < -0.3 is 10.6 Å². The third-order valence-electron chi connectivity index (χ3n) is 5.88. The lowest BCUT2D eigenvalue weighted by atomic mass is 9.95. The van der Waals surface area contributed by atoms with Gasteiger partial charge in [0.2, 0.25) is 5.91 Å². The maximum atomic E-state index is 13.1. The summed E-state index contributed by atoms with van der Waals surface area (Å²) >= 11 is 0. The molecule has 1 atom stereocenters. The Labute approximate surface area is 159 Å². The summed E-state index contributed by atoms with van der Waals surface area (Å²) in [6, 6.07) is 7.49. The summed E-state index contributed by atoms with van der Waals surface area (Å²) in [5.74, 6) is 0.0683. The third-order valence-corrected chi connectivity index (χ3v) is 5.88. The number of likely N-dealkylation sites (tertiary alicyclic amines) is 1. The summed E-state index contributed by atoms with van der Waals surface area (Å²) in [6.45, 7) is 1.51. The number of primary amides is 1. The number of hydrogen-bond acceptors (Lipinski definition) is 3. The smallest absolute Gasteiger partial charge is 0.274 e. The van der Waals surface area contributed by atoms with Crippen LogP contribution in [-0.2, 0) is 26.3 Å². The Hall–Kier alpha value is -2.63. The maximum Gasteiger partial charge on any atom is 0.274 e. The van der Waals surface area contributed by atoms with Crippen LogP contribution in [0.1, 0.15) is 56.9 Å². The Morgan fingerprint density at radius 3 is 2.89 bits per heavy atom. The fourth-order valence-corrected chi connectivity index (χ4v) is 4.46. The molecule has 0 radical (unpaired) electrons. The van der Waals surface area contributed by atoms with Crippen LogP contribution in [0.15, 0.2) is 24.3 Å². The number of hydrogen-bond donors (Lipinski definition) is 1. The Bertz CT molecular complexity index is 886. The summed E-state index contributed by atoms with van der Waals surface area (Å²) in [5, 5.41) is 4.55. The van der Waals surface area contributed by atoms with E-state index in [9.17, 15) is 9.59 Å². The van der Waals surface area contributed by atoms with Crippen LogP contribution in [0.25, 0.3) is 0 Å². The molecule has 0 unspecified atom stereocenters. The number of benzene rings is 1. The van der Waals surface area contributed by atoms with Crippen LogP contribution in [0.3, 0.4) is 0 Å². The molecule has 1 aliphatic heterocycles. The number of nitrogens with zero attached hydrogens (tertiary/aromatic N) is 3. The van der Waals surface area contributed by atoms with Gasteiger partial charge in [-0.15, -0.1) is 0 Å². The van der Waals surface area contributed by atoms with E-state index >= 15 is 0 Å². The highest BCUT2D eigenvalue weighted by atomic mass is 16.2. The van der Waals surface area contributed by atoms with Crippen molar-refractivity contribution < 1.29 is 9.59 Å². The minimum Gasteiger partial charge on any atom is -0.366 e. The zero-order chi connectivity index (χ0) is 19.0. The first-order valence-corrected chi connectivity index (χ1v) is 9.75. The number of aryl methyl sites for hydroxylation is 1. The molecule has 2 aromatic rings. The van der Waals surface area contributed by atoms with Crippen molar-refractivity contribution in [3.8, 4) is 0 Å². The average molecular weight is 366 g/mol. The van der Waals surface area contributed by atoms with Crippen LogP contribution in [0.5, 0.6) is 0 Å². The molecule has 1 aliphatic carbocycles. The van der Waals surface area contributed by atoms with Gasteiger partial charge in [-0.1, -0.05) is 12.1 Å². The minimum atomic E-state index is -0.403. The molecule has 2 heterocycles. The van der Waals surface area contributed by atoms with Crippen LogP contribution in [0.2, 0.25) is 0 Å². The number of carbonyl (C=O) groups is 2. The normalized spacial score (nSPS) is 19.1. The van der Waals surface area contributed by atoms with E-state index in [4.69, 9.17) is 5.73 Å². The fraction of sp³-hybridized carbons (Fsp3) is 0.476. The minimum absolute atomic E-state index is 0.0714. The van der Waals surface area contributed by atoms with Crippen LogP contribution in [-0.4, -0.2) is 39.6 Å². The highest BCUT2D eigenvalue weighted by Gasteiger charge is 2.31. The lowest BCUT2D eigenvalue weighted by Gasteiger charge is -2.17. The zero-order valence-corrected chi connectivity index (χ0v) is 15.8. The largest absolute Gasteiger partial charge is 0.366 e. The summed E-state index contributed by atoms with van der Waals surface area (Å²) in [4.78, 5) is 26.4. The van der Waals surface area contributed by atoms with Crippen molar-refractivity contribution in [3.05, 3.63) is 52.3 Å². The monoisotopic (exact) mass is 366 g/mol. The zero-order valence-electron chi connectivity index (χ0n) is 15.8. The Morgan fingerprint density at radius 1 is 1.26 bits per heavy atom. The maximum absolute atomic E-state index is 13.1. The van der Waals surface area contributed by atoms with E-state index < -0.39 is 5.91 Å². The van der Waals surface area contributed by atoms with Crippen LogP contribution in [0, 0.1) is 5.92 Å². The molecule has 1 aromatic carbocycles. The number of amides is 2. The number of carbonyl (C=O) groups excluding carboxylic acids is 2. The third kappa shape index (κ3) is 3.48. The first-order chi connectivity index (χ1) is 13.0. The fourth-order valence-electron chi connectivity index (χ4n) is 4.46. The first kappa shape index (κ1) is 17.8. The second kappa shape index (κ2) is 7.18. The predicted molar refractivity (Wildman–Crippen MR) is 103 cm³/mol. The molecule has 27 heavy (non-hydrogen) atoms. The number of fused-ring (bicyclic) bond motifs is 1. The molecule has 4 rings (SSSR count). The van der Waals surface area contributed by atoms with Crippen molar-refractivity contribution in [1.29, 1.82) is 0 Å². The molecule has 1 saturated heterocycles. The van der Waals surface area contributed by atoms with Crippen molar-refractivity contribution in [2.24, 2.45) is 18.7 Å². The van der Waals surface area contributed by atoms with Gasteiger partial charge in [-0.3, -0.25) is 14.3 Å². The SMILES string of the molecule is Cn1nc(C(=O)N2CC[C@@H](Cc3cccc(C(N)=O)c3)C2)c2c1CCCC2. The van der Waals surface area contributed by atoms with Crippen molar-refractivity contribution in [1.82, 2.24) is 14.7 Å².